The van der Waals surface area contributed by atoms with E-state index >= 15 is 0 Å². The van der Waals surface area contributed by atoms with Crippen LogP contribution in [0.5, 0.6) is 0 Å². The average Bonchev–Trinajstić information content (AvgIpc) is 2.40. The van der Waals surface area contributed by atoms with Crippen LogP contribution in [0.25, 0.3) is 0 Å². The third kappa shape index (κ3) is 3.64. The number of anilines is 1. The van der Waals surface area contributed by atoms with E-state index in [1.165, 1.54) is 12.1 Å². The minimum absolute atomic E-state index is 0.104. The van der Waals surface area contributed by atoms with E-state index in [4.69, 9.17) is 10.5 Å². The molecule has 0 bridgehead atoms. The number of ether oxygens (including phenoxy) is 1. The number of rotatable bonds is 3. The molecule has 1 aromatic carbocycles. The van der Waals surface area contributed by atoms with Crippen LogP contribution in [0.4, 0.5) is 18.9 Å². The van der Waals surface area contributed by atoms with Crippen molar-refractivity contribution in [3.63, 3.8) is 0 Å². The van der Waals surface area contributed by atoms with E-state index in [0.29, 0.717) is 19.7 Å². The van der Waals surface area contributed by atoms with Gasteiger partial charge in [0.2, 0.25) is 0 Å². The van der Waals surface area contributed by atoms with Crippen molar-refractivity contribution in [3.05, 3.63) is 29.3 Å². The molecule has 1 aliphatic heterocycles. The number of halogens is 3. The van der Waals surface area contributed by atoms with Gasteiger partial charge in [-0.2, -0.15) is 13.2 Å². The van der Waals surface area contributed by atoms with Gasteiger partial charge < -0.3 is 10.5 Å². The monoisotopic (exact) mass is 288 g/mol. The number of benzene rings is 1. The van der Waals surface area contributed by atoms with E-state index in [1.807, 2.05) is 11.8 Å². The molecule has 1 fully saturated rings. The summed E-state index contributed by atoms with van der Waals surface area (Å²) in [5.41, 5.74) is 5.23. The summed E-state index contributed by atoms with van der Waals surface area (Å²) in [6.07, 6.45) is -3.40. The van der Waals surface area contributed by atoms with Gasteiger partial charge in [0.15, 0.2) is 0 Å². The van der Waals surface area contributed by atoms with Crippen LogP contribution in [-0.4, -0.2) is 30.7 Å². The van der Waals surface area contributed by atoms with Crippen molar-refractivity contribution in [2.45, 2.75) is 32.2 Å². The zero-order valence-electron chi connectivity index (χ0n) is 11.4. The Hall–Kier alpha value is -1.27. The van der Waals surface area contributed by atoms with Gasteiger partial charge >= 0.3 is 6.18 Å². The quantitative estimate of drug-likeness (QED) is 0.869. The van der Waals surface area contributed by atoms with Crippen LogP contribution < -0.4 is 5.73 Å². The van der Waals surface area contributed by atoms with Crippen molar-refractivity contribution in [2.24, 2.45) is 0 Å². The summed E-state index contributed by atoms with van der Waals surface area (Å²) >= 11 is 0. The predicted octanol–water partition coefficient (Wildman–Crippen LogP) is 2.90. The number of hydrogen-bond acceptors (Lipinski definition) is 3. The highest BCUT2D eigenvalue weighted by Gasteiger charge is 2.34. The zero-order chi connectivity index (χ0) is 14.8. The molecule has 0 spiro atoms. The van der Waals surface area contributed by atoms with Gasteiger partial charge in [-0.15, -0.1) is 0 Å². The molecular weight excluding hydrogens is 269 g/mol. The number of nitrogens with two attached hydrogens (primary N) is 1. The molecule has 0 aliphatic carbocycles. The van der Waals surface area contributed by atoms with Crippen LogP contribution in [-0.2, 0) is 17.5 Å². The maximum Gasteiger partial charge on any atom is 0.416 e. The summed E-state index contributed by atoms with van der Waals surface area (Å²) in [4.78, 5) is 2.00. The van der Waals surface area contributed by atoms with Crippen LogP contribution in [0.1, 0.15) is 24.5 Å². The summed E-state index contributed by atoms with van der Waals surface area (Å²) in [5, 5.41) is 0. The fourth-order valence-corrected chi connectivity index (χ4v) is 2.41. The van der Waals surface area contributed by atoms with Gasteiger partial charge in [0, 0.05) is 25.3 Å². The highest BCUT2D eigenvalue weighted by molar-refractivity contribution is 5.46. The molecule has 1 aromatic rings. The van der Waals surface area contributed by atoms with Gasteiger partial charge in [0.05, 0.1) is 18.3 Å². The molecule has 0 aromatic heterocycles. The van der Waals surface area contributed by atoms with Crippen molar-refractivity contribution in [3.8, 4) is 0 Å². The van der Waals surface area contributed by atoms with Crippen molar-refractivity contribution in [2.75, 3.05) is 25.4 Å². The number of nitrogens with zero attached hydrogens (tertiary/aromatic N) is 1. The Morgan fingerprint density at radius 3 is 2.80 bits per heavy atom. The summed E-state index contributed by atoms with van der Waals surface area (Å²) < 4.78 is 44.6. The van der Waals surface area contributed by atoms with Crippen molar-refractivity contribution >= 4 is 5.69 Å². The lowest BCUT2D eigenvalue weighted by atomic mass is 10.0. The molecule has 3 nitrogen and oxygen atoms in total. The van der Waals surface area contributed by atoms with E-state index in [9.17, 15) is 13.2 Å². The SMILES string of the molecule is CCC1CN(Cc2ccc(N)cc2C(F)(F)F)CCO1. The van der Waals surface area contributed by atoms with Gasteiger partial charge in [0.1, 0.15) is 0 Å². The van der Waals surface area contributed by atoms with Crippen molar-refractivity contribution in [1.29, 1.82) is 0 Å². The topological polar surface area (TPSA) is 38.5 Å². The first kappa shape index (κ1) is 15.1. The highest BCUT2D eigenvalue weighted by Crippen LogP contribution is 2.34. The number of nitrogen functional groups attached to an aromatic ring is 1. The lowest BCUT2D eigenvalue weighted by Crippen LogP contribution is -2.41. The van der Waals surface area contributed by atoms with Crippen LogP contribution >= 0.6 is 0 Å². The largest absolute Gasteiger partial charge is 0.416 e. The molecule has 1 atom stereocenters. The fraction of sp³-hybridized carbons (Fsp3) is 0.571. The van der Waals surface area contributed by atoms with Crippen LogP contribution in [0, 0.1) is 0 Å². The Morgan fingerprint density at radius 2 is 2.15 bits per heavy atom. The maximum atomic E-state index is 13.0. The Labute approximate surface area is 116 Å². The third-order valence-corrected chi connectivity index (χ3v) is 3.51. The minimum Gasteiger partial charge on any atom is -0.399 e. The van der Waals surface area contributed by atoms with Crippen molar-refractivity contribution in [1.82, 2.24) is 4.90 Å². The smallest absolute Gasteiger partial charge is 0.399 e. The van der Waals surface area contributed by atoms with Crippen LogP contribution in [0.3, 0.4) is 0 Å². The van der Waals surface area contributed by atoms with Gasteiger partial charge in [0.25, 0.3) is 0 Å². The fourth-order valence-electron chi connectivity index (χ4n) is 2.41. The summed E-state index contributed by atoms with van der Waals surface area (Å²) in [6, 6.07) is 3.99. The second-order valence-corrected chi connectivity index (χ2v) is 5.05. The first-order valence-corrected chi connectivity index (χ1v) is 6.69. The second-order valence-electron chi connectivity index (χ2n) is 5.05. The molecule has 112 valence electrons. The Kier molecular flexibility index (Phi) is 4.55. The van der Waals surface area contributed by atoms with E-state index in [1.54, 1.807) is 0 Å². The Balaban J connectivity index is 2.16. The Morgan fingerprint density at radius 1 is 1.40 bits per heavy atom. The van der Waals surface area contributed by atoms with E-state index in [-0.39, 0.29) is 23.9 Å². The molecule has 0 radical (unpaired) electrons. The molecule has 2 rings (SSSR count). The van der Waals surface area contributed by atoms with Gasteiger partial charge in [-0.05, 0) is 24.1 Å². The highest BCUT2D eigenvalue weighted by atomic mass is 19.4. The maximum absolute atomic E-state index is 13.0. The summed E-state index contributed by atoms with van der Waals surface area (Å²) in [6.45, 7) is 4.17. The number of hydrogen-bond donors (Lipinski definition) is 1. The molecule has 1 saturated heterocycles. The van der Waals surface area contributed by atoms with E-state index in [0.717, 1.165) is 12.5 Å². The first-order valence-electron chi connectivity index (χ1n) is 6.69. The molecule has 20 heavy (non-hydrogen) atoms. The normalized spacial score (nSPS) is 21.1. The minimum atomic E-state index is -4.37. The van der Waals surface area contributed by atoms with E-state index < -0.39 is 11.7 Å². The van der Waals surface area contributed by atoms with Gasteiger partial charge in [-0.25, -0.2) is 0 Å². The molecule has 1 unspecified atom stereocenters. The molecule has 0 saturated carbocycles. The standard InChI is InChI=1S/C14H19F3N2O/c1-2-12-9-19(5-6-20-12)8-10-3-4-11(18)7-13(10)14(15,16)17/h3-4,7,12H,2,5-6,8-9,18H2,1H3. The van der Waals surface area contributed by atoms with Crippen molar-refractivity contribution < 1.29 is 17.9 Å². The molecular formula is C14H19F3N2O. The summed E-state index contributed by atoms with van der Waals surface area (Å²) in [5.74, 6) is 0. The number of morpholine rings is 1. The summed E-state index contributed by atoms with van der Waals surface area (Å²) in [7, 11) is 0. The second kappa shape index (κ2) is 6.01. The molecule has 1 heterocycles. The van der Waals surface area contributed by atoms with Gasteiger partial charge in [-0.1, -0.05) is 13.0 Å². The van der Waals surface area contributed by atoms with Crippen LogP contribution in [0.15, 0.2) is 18.2 Å². The van der Waals surface area contributed by atoms with Gasteiger partial charge in [-0.3, -0.25) is 4.90 Å². The molecule has 6 heteroatoms. The van der Waals surface area contributed by atoms with Crippen LogP contribution in [0.2, 0.25) is 0 Å². The molecule has 0 amide bonds. The predicted molar refractivity (Wildman–Crippen MR) is 71.2 cm³/mol. The lowest BCUT2D eigenvalue weighted by molar-refractivity contribution is -0.138. The molecule has 2 N–H and O–H groups in total. The Bertz CT molecular complexity index is 462. The first-order chi connectivity index (χ1) is 9.40. The lowest BCUT2D eigenvalue weighted by Gasteiger charge is -2.33. The average molecular weight is 288 g/mol. The number of alkyl halides is 3. The van der Waals surface area contributed by atoms with E-state index in [2.05, 4.69) is 0 Å². The third-order valence-electron chi connectivity index (χ3n) is 3.51. The molecule has 1 aliphatic rings. The zero-order valence-corrected chi connectivity index (χ0v) is 11.4.